The van der Waals surface area contributed by atoms with Crippen LogP contribution in [0.3, 0.4) is 0 Å². The lowest BCUT2D eigenvalue weighted by Crippen LogP contribution is -2.43. The van der Waals surface area contributed by atoms with Crippen LogP contribution >= 0.6 is 11.3 Å². The van der Waals surface area contributed by atoms with Gasteiger partial charge in [-0.3, -0.25) is 9.59 Å². The number of quaternary nitrogens is 1. The molecule has 34 heavy (non-hydrogen) atoms. The average molecular weight is 483 g/mol. The van der Waals surface area contributed by atoms with E-state index in [2.05, 4.69) is 31.4 Å². The number of benzene rings is 2. The van der Waals surface area contributed by atoms with Gasteiger partial charge < -0.3 is 19.6 Å². The summed E-state index contributed by atoms with van der Waals surface area (Å²) in [6, 6.07) is 13.7. The number of carboxylic acid groups (broad SMARTS) is 1. The number of hydrogen-bond acceptors (Lipinski definition) is 5. The van der Waals surface area contributed by atoms with Crippen LogP contribution in [0.5, 0.6) is 5.75 Å². The number of thiazole rings is 1. The summed E-state index contributed by atoms with van der Waals surface area (Å²) in [5.41, 5.74) is 1.98. The quantitative estimate of drug-likeness (QED) is 0.340. The molecule has 4 rings (SSSR count). The Balaban J connectivity index is 1.39. The number of carboxylic acids is 1. The number of carbonyl (C=O) groups excluding carboxylic acids is 1. The minimum absolute atomic E-state index is 0.192. The van der Waals surface area contributed by atoms with E-state index in [0.29, 0.717) is 19.4 Å². The van der Waals surface area contributed by atoms with Gasteiger partial charge in [0.1, 0.15) is 10.8 Å². The molecule has 0 fully saturated rings. The molecule has 0 saturated heterocycles. The minimum atomic E-state index is -0.961. The molecule has 0 unspecified atom stereocenters. The lowest BCUT2D eigenvalue weighted by atomic mass is 9.80. The zero-order chi connectivity index (χ0) is 24.3. The third-order valence-corrected chi connectivity index (χ3v) is 7.23. The number of nitrogens with one attached hydrogen (secondary N) is 1. The summed E-state index contributed by atoms with van der Waals surface area (Å²) < 4.78 is 7.83. The Hall–Kier alpha value is -2.97. The molecule has 0 aliphatic heterocycles. The topological polar surface area (TPSA) is 88.5 Å². The predicted octanol–water partition coefficient (Wildman–Crippen LogP) is 3.65. The second kappa shape index (κ2) is 9.72. The van der Waals surface area contributed by atoms with Gasteiger partial charge >= 0.3 is 5.97 Å². The maximum atomic E-state index is 13.2. The largest absolute Gasteiger partial charge is 0.493 e. The smallest absolute Gasteiger partial charge is 0.304 e. The summed E-state index contributed by atoms with van der Waals surface area (Å²) in [5, 5.41) is 13.2. The number of aliphatic carboxylic acids is 1. The Morgan fingerprint density at radius 1 is 1.15 bits per heavy atom. The highest BCUT2D eigenvalue weighted by molar-refractivity contribution is 7.18. The molecular formula is C26H32N3O4S+. The SMILES string of the molecule is C[N+](C)(C)CCCOc1ccc2sc(CNC(=O)C3(CC(=O)O)Cc4ccccc4C3)nc2c1. The van der Waals surface area contributed by atoms with Crippen LogP contribution in [0.2, 0.25) is 0 Å². The third-order valence-electron chi connectivity index (χ3n) is 6.19. The molecule has 0 radical (unpaired) electrons. The van der Waals surface area contributed by atoms with Gasteiger partial charge in [0.25, 0.3) is 0 Å². The fraction of sp³-hybridized carbons (Fsp3) is 0.423. The molecule has 2 N–H and O–H groups in total. The summed E-state index contributed by atoms with van der Waals surface area (Å²) >= 11 is 1.52. The van der Waals surface area contributed by atoms with Crippen LogP contribution in [-0.4, -0.2) is 60.7 Å². The van der Waals surface area contributed by atoms with E-state index in [-0.39, 0.29) is 18.9 Å². The van der Waals surface area contributed by atoms with E-state index in [4.69, 9.17) is 4.74 Å². The van der Waals surface area contributed by atoms with Crippen LogP contribution < -0.4 is 10.1 Å². The summed E-state index contributed by atoms with van der Waals surface area (Å²) in [4.78, 5) is 29.5. The number of fused-ring (bicyclic) bond motifs is 2. The van der Waals surface area contributed by atoms with Gasteiger partial charge in [-0.25, -0.2) is 4.98 Å². The molecule has 2 aromatic carbocycles. The van der Waals surface area contributed by atoms with E-state index in [1.54, 1.807) is 0 Å². The van der Waals surface area contributed by atoms with E-state index < -0.39 is 11.4 Å². The Morgan fingerprint density at radius 2 is 1.85 bits per heavy atom. The Morgan fingerprint density at radius 3 is 2.50 bits per heavy atom. The maximum Gasteiger partial charge on any atom is 0.304 e. The molecule has 0 spiro atoms. The van der Waals surface area contributed by atoms with Crippen LogP contribution in [0.15, 0.2) is 42.5 Å². The van der Waals surface area contributed by atoms with Crippen molar-refractivity contribution in [1.29, 1.82) is 0 Å². The molecule has 1 aliphatic carbocycles. The van der Waals surface area contributed by atoms with E-state index in [1.807, 2.05) is 42.5 Å². The fourth-order valence-corrected chi connectivity index (χ4v) is 5.43. The second-order valence-electron chi connectivity index (χ2n) is 10.1. The number of hydrogen-bond donors (Lipinski definition) is 2. The lowest BCUT2D eigenvalue weighted by molar-refractivity contribution is -0.870. The summed E-state index contributed by atoms with van der Waals surface area (Å²) in [6.07, 6.45) is 1.66. The highest BCUT2D eigenvalue weighted by atomic mass is 32.1. The molecule has 1 amide bonds. The molecule has 7 nitrogen and oxygen atoms in total. The van der Waals surface area contributed by atoms with Crippen LogP contribution in [0.1, 0.15) is 29.0 Å². The molecule has 1 heterocycles. The van der Waals surface area contributed by atoms with Crippen LogP contribution in [0.4, 0.5) is 0 Å². The summed E-state index contributed by atoms with van der Waals surface area (Å²) in [6.45, 7) is 1.97. The van der Waals surface area contributed by atoms with E-state index >= 15 is 0 Å². The van der Waals surface area contributed by atoms with Crippen molar-refractivity contribution in [2.75, 3.05) is 34.3 Å². The maximum absolute atomic E-state index is 13.2. The number of rotatable bonds is 10. The lowest BCUT2D eigenvalue weighted by Gasteiger charge is -2.25. The van der Waals surface area contributed by atoms with Gasteiger partial charge in [-0.2, -0.15) is 0 Å². The predicted molar refractivity (Wildman–Crippen MR) is 133 cm³/mol. The van der Waals surface area contributed by atoms with E-state index in [1.165, 1.54) is 11.3 Å². The van der Waals surface area contributed by atoms with Gasteiger partial charge in [0.05, 0.1) is 62.9 Å². The Bertz CT molecular complexity index is 1170. The monoisotopic (exact) mass is 482 g/mol. The van der Waals surface area contributed by atoms with Crippen molar-refractivity contribution in [2.45, 2.75) is 32.2 Å². The average Bonchev–Trinajstić information content (AvgIpc) is 3.34. The number of ether oxygens (including phenoxy) is 1. The van der Waals surface area contributed by atoms with Crippen molar-refractivity contribution in [3.63, 3.8) is 0 Å². The van der Waals surface area contributed by atoms with Gasteiger partial charge in [0.15, 0.2) is 0 Å². The normalized spacial score (nSPS) is 14.7. The van der Waals surface area contributed by atoms with Gasteiger partial charge in [-0.05, 0) is 36.1 Å². The summed E-state index contributed by atoms with van der Waals surface area (Å²) in [5.74, 6) is -0.400. The number of carbonyl (C=O) groups is 2. The van der Waals surface area contributed by atoms with E-state index in [9.17, 15) is 14.7 Å². The van der Waals surface area contributed by atoms with Crippen LogP contribution in [0.25, 0.3) is 10.2 Å². The fourth-order valence-electron chi connectivity index (χ4n) is 4.54. The standard InChI is InChI=1S/C26H31N3O4S/c1-29(2,3)11-6-12-33-20-9-10-22-21(13-20)28-23(34-22)17-27-25(32)26(16-24(30)31)14-18-7-4-5-8-19(18)15-26/h4-5,7-10,13H,6,11-12,14-17H2,1-3H3,(H-,27,30,31,32)/p+1. The van der Waals surface area contributed by atoms with Crippen molar-refractivity contribution in [2.24, 2.45) is 5.41 Å². The molecule has 0 saturated carbocycles. The van der Waals surface area contributed by atoms with Crippen molar-refractivity contribution >= 4 is 33.4 Å². The molecule has 0 atom stereocenters. The molecular weight excluding hydrogens is 450 g/mol. The zero-order valence-electron chi connectivity index (χ0n) is 20.0. The summed E-state index contributed by atoms with van der Waals surface area (Å²) in [7, 11) is 6.49. The Kier molecular flexibility index (Phi) is 6.91. The first kappa shape index (κ1) is 24.2. The van der Waals surface area contributed by atoms with Gasteiger partial charge in [0.2, 0.25) is 5.91 Å². The van der Waals surface area contributed by atoms with Crippen molar-refractivity contribution in [1.82, 2.24) is 10.3 Å². The molecule has 180 valence electrons. The zero-order valence-corrected chi connectivity index (χ0v) is 20.8. The first-order chi connectivity index (χ1) is 16.1. The van der Waals surface area contributed by atoms with Crippen LogP contribution in [-0.2, 0) is 29.0 Å². The van der Waals surface area contributed by atoms with Gasteiger partial charge in [-0.1, -0.05) is 24.3 Å². The van der Waals surface area contributed by atoms with Crippen molar-refractivity contribution in [3.8, 4) is 5.75 Å². The number of aromatic nitrogens is 1. The van der Waals surface area contributed by atoms with Crippen molar-refractivity contribution < 1.29 is 23.9 Å². The molecule has 1 aliphatic rings. The van der Waals surface area contributed by atoms with E-state index in [0.717, 1.165) is 49.5 Å². The van der Waals surface area contributed by atoms with Crippen LogP contribution in [0, 0.1) is 5.41 Å². The molecule has 8 heteroatoms. The first-order valence-corrected chi connectivity index (χ1v) is 12.3. The van der Waals surface area contributed by atoms with Gasteiger partial charge in [0, 0.05) is 12.5 Å². The minimum Gasteiger partial charge on any atom is -0.493 e. The highest BCUT2D eigenvalue weighted by Gasteiger charge is 2.45. The number of amides is 1. The second-order valence-corrected chi connectivity index (χ2v) is 11.2. The highest BCUT2D eigenvalue weighted by Crippen LogP contribution is 2.40. The Labute approximate surface area is 204 Å². The molecule has 3 aromatic rings. The number of nitrogens with zero attached hydrogens (tertiary/aromatic N) is 2. The third kappa shape index (κ3) is 5.74. The van der Waals surface area contributed by atoms with Crippen molar-refractivity contribution in [3.05, 3.63) is 58.6 Å². The molecule has 0 bridgehead atoms. The molecule has 1 aromatic heterocycles. The van der Waals surface area contributed by atoms with Gasteiger partial charge in [-0.15, -0.1) is 11.3 Å². The first-order valence-electron chi connectivity index (χ1n) is 11.5.